The van der Waals surface area contributed by atoms with Crippen LogP contribution in [0.3, 0.4) is 0 Å². The molecule has 0 unspecified atom stereocenters. The predicted molar refractivity (Wildman–Crippen MR) is 70.2 cm³/mol. The third-order valence-corrected chi connectivity index (χ3v) is 4.34. The summed E-state index contributed by atoms with van der Waals surface area (Å²) >= 11 is 1.56. The van der Waals surface area contributed by atoms with Gasteiger partial charge in [0.15, 0.2) is 0 Å². The Labute approximate surface area is 110 Å². The molecule has 0 aromatic carbocycles. The van der Waals surface area contributed by atoms with E-state index in [9.17, 15) is 4.79 Å². The van der Waals surface area contributed by atoms with Crippen molar-refractivity contribution in [2.75, 3.05) is 0 Å². The van der Waals surface area contributed by atoms with Crippen LogP contribution in [0.25, 0.3) is 4.85 Å². The van der Waals surface area contributed by atoms with Crippen molar-refractivity contribution in [3.63, 3.8) is 0 Å². The van der Waals surface area contributed by atoms with E-state index < -0.39 is 5.97 Å². The summed E-state index contributed by atoms with van der Waals surface area (Å²) < 4.78 is 0. The lowest BCUT2D eigenvalue weighted by Crippen LogP contribution is -2.09. The number of hydrogen-bond donors (Lipinski definition) is 1. The lowest BCUT2D eigenvalue weighted by molar-refractivity contribution is 0.0690. The highest BCUT2D eigenvalue weighted by Crippen LogP contribution is 2.37. The van der Waals surface area contributed by atoms with Gasteiger partial charge in [0.05, 0.1) is 6.57 Å². The first-order valence-corrected chi connectivity index (χ1v) is 6.87. The molecular weight excluding hydrogens is 248 g/mol. The van der Waals surface area contributed by atoms with E-state index in [1.54, 1.807) is 17.8 Å². The average Bonchev–Trinajstić information content (AvgIpc) is 2.39. The molecule has 1 aromatic rings. The monoisotopic (exact) mass is 262 g/mol. The molecule has 1 saturated carbocycles. The van der Waals surface area contributed by atoms with Gasteiger partial charge in [-0.15, -0.1) is 11.8 Å². The first-order valence-electron chi connectivity index (χ1n) is 5.99. The fourth-order valence-electron chi connectivity index (χ4n) is 2.06. The molecule has 18 heavy (non-hydrogen) atoms. The molecule has 0 saturated heterocycles. The number of carboxylic acid groups (broad SMARTS) is 1. The Balaban J connectivity index is 2.21. The van der Waals surface area contributed by atoms with E-state index in [4.69, 9.17) is 11.7 Å². The Bertz CT molecular complexity index is 490. The normalized spacial score (nSPS) is 16.2. The van der Waals surface area contributed by atoms with E-state index in [0.29, 0.717) is 16.0 Å². The first-order chi connectivity index (χ1) is 8.70. The highest BCUT2D eigenvalue weighted by Gasteiger charge is 2.18. The number of hydrogen-bond acceptors (Lipinski definition) is 3. The molecular formula is C13H14N2O2S. The SMILES string of the molecule is [C-]#[N+]c1ccc(C(=O)O)nc1SC1CCCCC1. The van der Waals surface area contributed by atoms with Crippen LogP contribution in [0.2, 0.25) is 0 Å². The van der Waals surface area contributed by atoms with Gasteiger partial charge in [-0.3, -0.25) is 0 Å². The lowest BCUT2D eigenvalue weighted by atomic mass is 10.0. The minimum Gasteiger partial charge on any atom is -0.477 e. The molecule has 0 spiro atoms. The fraction of sp³-hybridized carbons (Fsp3) is 0.462. The van der Waals surface area contributed by atoms with E-state index in [1.807, 2.05) is 0 Å². The second kappa shape index (κ2) is 5.87. The molecule has 1 fully saturated rings. The molecule has 0 bridgehead atoms. The van der Waals surface area contributed by atoms with Gasteiger partial charge < -0.3 is 5.11 Å². The zero-order chi connectivity index (χ0) is 13.0. The topological polar surface area (TPSA) is 54.5 Å². The molecule has 0 radical (unpaired) electrons. The molecule has 0 amide bonds. The van der Waals surface area contributed by atoms with Crippen molar-refractivity contribution in [3.05, 3.63) is 29.2 Å². The molecule has 2 rings (SSSR count). The van der Waals surface area contributed by atoms with Gasteiger partial charge in [0.2, 0.25) is 5.69 Å². The summed E-state index contributed by atoms with van der Waals surface area (Å²) in [5.74, 6) is -1.04. The smallest absolute Gasteiger partial charge is 0.354 e. The number of nitrogens with zero attached hydrogens (tertiary/aromatic N) is 2. The van der Waals surface area contributed by atoms with Crippen molar-refractivity contribution in [1.82, 2.24) is 4.98 Å². The largest absolute Gasteiger partial charge is 0.477 e. The molecule has 1 aliphatic carbocycles. The molecule has 4 nitrogen and oxygen atoms in total. The highest BCUT2D eigenvalue weighted by molar-refractivity contribution is 8.00. The standard InChI is InChI=1S/C13H14N2O2S/c1-14-10-7-8-11(13(16)17)15-12(10)18-9-5-3-2-4-6-9/h7-9H,2-6H2,(H,16,17). The van der Waals surface area contributed by atoms with Crippen LogP contribution in [0.15, 0.2) is 17.2 Å². The maximum atomic E-state index is 10.9. The third-order valence-electron chi connectivity index (χ3n) is 3.01. The van der Waals surface area contributed by atoms with Crippen molar-refractivity contribution in [2.24, 2.45) is 0 Å². The lowest BCUT2D eigenvalue weighted by Gasteiger charge is -2.21. The molecule has 0 atom stereocenters. The Morgan fingerprint density at radius 3 is 2.72 bits per heavy atom. The van der Waals surface area contributed by atoms with Crippen molar-refractivity contribution >= 4 is 23.4 Å². The minimum atomic E-state index is -1.04. The Hall–Kier alpha value is -1.54. The number of thioether (sulfide) groups is 1. The van der Waals surface area contributed by atoms with E-state index in [1.165, 1.54) is 25.3 Å². The highest BCUT2D eigenvalue weighted by atomic mass is 32.2. The fourth-order valence-corrected chi connectivity index (χ4v) is 3.34. The van der Waals surface area contributed by atoms with E-state index in [0.717, 1.165) is 12.8 Å². The number of aromatic carboxylic acids is 1. The number of aromatic nitrogens is 1. The van der Waals surface area contributed by atoms with Crippen LogP contribution < -0.4 is 0 Å². The van der Waals surface area contributed by atoms with E-state index in [2.05, 4.69) is 9.83 Å². The molecule has 94 valence electrons. The minimum absolute atomic E-state index is 0.0145. The summed E-state index contributed by atoms with van der Waals surface area (Å²) in [4.78, 5) is 18.4. The summed E-state index contributed by atoms with van der Waals surface area (Å²) in [5, 5.41) is 9.96. The summed E-state index contributed by atoms with van der Waals surface area (Å²) in [7, 11) is 0. The number of carboxylic acids is 1. The zero-order valence-corrected chi connectivity index (χ0v) is 10.7. The van der Waals surface area contributed by atoms with Gasteiger partial charge in [-0.25, -0.2) is 14.6 Å². The number of carbonyl (C=O) groups is 1. The Kier molecular flexibility index (Phi) is 4.21. The van der Waals surface area contributed by atoms with Crippen LogP contribution in [0.1, 0.15) is 42.6 Å². The van der Waals surface area contributed by atoms with Crippen LogP contribution in [-0.2, 0) is 0 Å². The average molecular weight is 262 g/mol. The zero-order valence-electron chi connectivity index (χ0n) is 9.93. The van der Waals surface area contributed by atoms with Crippen LogP contribution in [-0.4, -0.2) is 21.3 Å². The van der Waals surface area contributed by atoms with Gasteiger partial charge in [0.25, 0.3) is 0 Å². The van der Waals surface area contributed by atoms with Crippen molar-refractivity contribution in [2.45, 2.75) is 42.4 Å². The van der Waals surface area contributed by atoms with Crippen molar-refractivity contribution in [3.8, 4) is 0 Å². The molecule has 1 aromatic heterocycles. The molecule has 0 aliphatic heterocycles. The molecule has 5 heteroatoms. The van der Waals surface area contributed by atoms with Gasteiger partial charge in [0, 0.05) is 5.25 Å². The molecule has 1 N–H and O–H groups in total. The van der Waals surface area contributed by atoms with Crippen molar-refractivity contribution in [1.29, 1.82) is 0 Å². The van der Waals surface area contributed by atoms with Gasteiger partial charge in [0.1, 0.15) is 10.7 Å². The quantitative estimate of drug-likeness (QED) is 0.843. The second-order valence-electron chi connectivity index (χ2n) is 4.32. The van der Waals surface area contributed by atoms with E-state index >= 15 is 0 Å². The molecule has 1 heterocycles. The number of pyridine rings is 1. The maximum Gasteiger partial charge on any atom is 0.354 e. The van der Waals surface area contributed by atoms with Crippen LogP contribution >= 0.6 is 11.8 Å². The Morgan fingerprint density at radius 1 is 1.39 bits per heavy atom. The number of rotatable bonds is 3. The maximum absolute atomic E-state index is 10.9. The van der Waals surface area contributed by atoms with Crippen LogP contribution in [0.4, 0.5) is 5.69 Å². The summed E-state index contributed by atoms with van der Waals surface area (Å²) in [6.07, 6.45) is 5.95. The van der Waals surface area contributed by atoms with Crippen molar-refractivity contribution < 1.29 is 9.90 Å². The second-order valence-corrected chi connectivity index (χ2v) is 5.60. The summed E-state index contributed by atoms with van der Waals surface area (Å²) in [5.41, 5.74) is 0.469. The van der Waals surface area contributed by atoms with E-state index in [-0.39, 0.29) is 5.69 Å². The summed E-state index contributed by atoms with van der Waals surface area (Å²) in [6, 6.07) is 2.94. The molecule has 1 aliphatic rings. The summed E-state index contributed by atoms with van der Waals surface area (Å²) in [6.45, 7) is 7.10. The van der Waals surface area contributed by atoms with Gasteiger partial charge in [-0.05, 0) is 18.9 Å². The van der Waals surface area contributed by atoms with Crippen LogP contribution in [0.5, 0.6) is 0 Å². The first kappa shape index (κ1) is 12.9. The predicted octanol–water partition coefficient (Wildman–Crippen LogP) is 3.76. The third kappa shape index (κ3) is 3.02. The Morgan fingerprint density at radius 2 is 2.11 bits per heavy atom. The van der Waals surface area contributed by atoms with Gasteiger partial charge in [-0.2, -0.15) is 0 Å². The van der Waals surface area contributed by atoms with Gasteiger partial charge in [-0.1, -0.05) is 25.3 Å². The van der Waals surface area contributed by atoms with Crippen LogP contribution in [0, 0.1) is 6.57 Å². The van der Waals surface area contributed by atoms with Gasteiger partial charge >= 0.3 is 5.97 Å².